The maximum Gasteiger partial charge on any atom is 0.260 e. The van der Waals surface area contributed by atoms with E-state index >= 15 is 0 Å². The maximum absolute atomic E-state index is 12.0. The van der Waals surface area contributed by atoms with E-state index in [1.54, 1.807) is 0 Å². The molecule has 1 aromatic rings. The molecule has 1 amide bonds. The van der Waals surface area contributed by atoms with E-state index in [0.29, 0.717) is 0 Å². The predicted molar refractivity (Wildman–Crippen MR) is 74.6 cm³/mol. The lowest BCUT2D eigenvalue weighted by Crippen LogP contribution is -2.34. The van der Waals surface area contributed by atoms with Crippen LogP contribution < -0.4 is 4.74 Å². The Labute approximate surface area is 118 Å². The summed E-state index contributed by atoms with van der Waals surface area (Å²) in [5, 5.41) is 0.762. The van der Waals surface area contributed by atoms with Gasteiger partial charge in [0, 0.05) is 18.1 Å². The lowest BCUT2D eigenvalue weighted by atomic mass is 10.1. The number of benzene rings is 1. The van der Waals surface area contributed by atoms with Crippen molar-refractivity contribution in [2.24, 2.45) is 11.8 Å². The van der Waals surface area contributed by atoms with E-state index in [4.69, 9.17) is 16.3 Å². The molecule has 1 aliphatic heterocycles. The van der Waals surface area contributed by atoms with Gasteiger partial charge in [-0.15, -0.1) is 0 Å². The first kappa shape index (κ1) is 12.8. The Morgan fingerprint density at radius 2 is 1.89 bits per heavy atom. The summed E-state index contributed by atoms with van der Waals surface area (Å²) in [5.41, 5.74) is 1.96. The molecule has 1 saturated heterocycles. The molecular weight excluding hydrogens is 262 g/mol. The molecule has 102 valence electrons. The van der Waals surface area contributed by atoms with Crippen LogP contribution in [0.3, 0.4) is 0 Å². The van der Waals surface area contributed by atoms with Gasteiger partial charge >= 0.3 is 0 Å². The van der Waals surface area contributed by atoms with Gasteiger partial charge in [-0.05, 0) is 55.4 Å². The smallest absolute Gasteiger partial charge is 0.260 e. The molecule has 0 spiro atoms. The number of carbonyl (C=O) groups excluding carboxylic acids is 1. The Balaban J connectivity index is 1.58. The SMILES string of the molecule is Cc1cc(OCC(=O)N2CC3CC3C2)cc(C)c1Cl. The Kier molecular flexibility index (Phi) is 3.17. The molecular formula is C15H18ClNO2. The third-order valence-electron chi connectivity index (χ3n) is 4.10. The Bertz CT molecular complexity index is 496. The zero-order chi connectivity index (χ0) is 13.6. The number of piperidine rings is 1. The predicted octanol–water partition coefficient (Wildman–Crippen LogP) is 2.81. The number of aryl methyl sites for hydroxylation is 2. The highest BCUT2D eigenvalue weighted by molar-refractivity contribution is 6.32. The van der Waals surface area contributed by atoms with Gasteiger partial charge in [0.1, 0.15) is 5.75 Å². The second kappa shape index (κ2) is 4.71. The fraction of sp³-hybridized carbons (Fsp3) is 0.533. The first-order chi connectivity index (χ1) is 9.04. The van der Waals surface area contributed by atoms with Crippen LogP contribution in [-0.2, 0) is 4.79 Å². The minimum atomic E-state index is 0.0949. The van der Waals surface area contributed by atoms with Gasteiger partial charge in [-0.25, -0.2) is 0 Å². The molecule has 0 radical (unpaired) electrons. The maximum atomic E-state index is 12.0. The van der Waals surface area contributed by atoms with Crippen LogP contribution in [0.1, 0.15) is 17.5 Å². The Morgan fingerprint density at radius 1 is 1.32 bits per heavy atom. The molecule has 2 aliphatic rings. The molecule has 4 heteroatoms. The molecule has 0 N–H and O–H groups in total. The van der Waals surface area contributed by atoms with Gasteiger partial charge < -0.3 is 9.64 Å². The van der Waals surface area contributed by atoms with E-state index < -0.39 is 0 Å². The van der Waals surface area contributed by atoms with Crippen LogP contribution in [0.25, 0.3) is 0 Å². The summed E-state index contributed by atoms with van der Waals surface area (Å²) >= 11 is 6.11. The quantitative estimate of drug-likeness (QED) is 0.851. The lowest BCUT2D eigenvalue weighted by Gasteiger charge is -2.18. The molecule has 3 rings (SSSR count). The molecule has 1 aromatic carbocycles. The summed E-state index contributed by atoms with van der Waals surface area (Å²) in [6.07, 6.45) is 1.31. The summed E-state index contributed by atoms with van der Waals surface area (Å²) in [7, 11) is 0. The average molecular weight is 280 g/mol. The summed E-state index contributed by atoms with van der Waals surface area (Å²) in [6.45, 7) is 5.85. The highest BCUT2D eigenvalue weighted by atomic mass is 35.5. The van der Waals surface area contributed by atoms with E-state index in [-0.39, 0.29) is 12.5 Å². The largest absolute Gasteiger partial charge is 0.484 e. The number of hydrogen-bond donors (Lipinski definition) is 0. The molecule has 19 heavy (non-hydrogen) atoms. The van der Waals surface area contributed by atoms with Crippen molar-refractivity contribution in [3.63, 3.8) is 0 Å². The first-order valence-corrected chi connectivity index (χ1v) is 7.09. The van der Waals surface area contributed by atoms with Crippen molar-refractivity contribution >= 4 is 17.5 Å². The minimum Gasteiger partial charge on any atom is -0.484 e. The van der Waals surface area contributed by atoms with Gasteiger partial charge in [0.25, 0.3) is 5.91 Å². The monoisotopic (exact) mass is 279 g/mol. The van der Waals surface area contributed by atoms with Crippen LogP contribution in [-0.4, -0.2) is 30.5 Å². The highest BCUT2D eigenvalue weighted by Crippen LogP contribution is 2.44. The number of carbonyl (C=O) groups is 1. The number of hydrogen-bond acceptors (Lipinski definition) is 2. The number of amides is 1. The second-order valence-corrected chi connectivity index (χ2v) is 6.09. The second-order valence-electron chi connectivity index (χ2n) is 5.71. The Morgan fingerprint density at radius 3 is 2.47 bits per heavy atom. The van der Waals surface area contributed by atoms with Crippen LogP contribution in [0.5, 0.6) is 5.75 Å². The van der Waals surface area contributed by atoms with Gasteiger partial charge in [0.15, 0.2) is 6.61 Å². The molecule has 1 aliphatic carbocycles. The van der Waals surface area contributed by atoms with Gasteiger partial charge in [-0.2, -0.15) is 0 Å². The summed E-state index contributed by atoms with van der Waals surface area (Å²) in [6, 6.07) is 3.76. The molecule has 2 atom stereocenters. The van der Waals surface area contributed by atoms with Crippen LogP contribution in [0.4, 0.5) is 0 Å². The van der Waals surface area contributed by atoms with E-state index in [0.717, 1.165) is 46.8 Å². The average Bonchev–Trinajstić information content (AvgIpc) is 2.99. The number of ether oxygens (including phenoxy) is 1. The van der Waals surface area contributed by atoms with Gasteiger partial charge in [0.2, 0.25) is 0 Å². The van der Waals surface area contributed by atoms with Crippen molar-refractivity contribution in [2.45, 2.75) is 20.3 Å². The number of fused-ring (bicyclic) bond motifs is 1. The third kappa shape index (κ3) is 2.57. The number of rotatable bonds is 3. The van der Waals surface area contributed by atoms with Crippen molar-refractivity contribution in [2.75, 3.05) is 19.7 Å². The van der Waals surface area contributed by atoms with Crippen molar-refractivity contribution < 1.29 is 9.53 Å². The molecule has 2 unspecified atom stereocenters. The normalized spacial score (nSPS) is 24.3. The molecule has 0 aromatic heterocycles. The third-order valence-corrected chi connectivity index (χ3v) is 4.70. The van der Waals surface area contributed by atoms with Crippen LogP contribution in [0, 0.1) is 25.7 Å². The van der Waals surface area contributed by atoms with Gasteiger partial charge in [-0.3, -0.25) is 4.79 Å². The number of nitrogens with zero attached hydrogens (tertiary/aromatic N) is 1. The molecule has 1 heterocycles. The van der Waals surface area contributed by atoms with E-state index in [1.807, 2.05) is 30.9 Å². The Hall–Kier alpha value is -1.22. The molecule has 3 nitrogen and oxygen atoms in total. The van der Waals surface area contributed by atoms with Crippen LogP contribution in [0.15, 0.2) is 12.1 Å². The van der Waals surface area contributed by atoms with Gasteiger partial charge in [-0.1, -0.05) is 11.6 Å². The fourth-order valence-corrected chi connectivity index (χ4v) is 2.94. The van der Waals surface area contributed by atoms with Crippen LogP contribution >= 0.6 is 11.6 Å². The summed E-state index contributed by atoms with van der Waals surface area (Å²) < 4.78 is 5.60. The zero-order valence-electron chi connectivity index (χ0n) is 11.3. The summed E-state index contributed by atoms with van der Waals surface area (Å²) in [5.74, 6) is 2.35. The molecule has 0 bridgehead atoms. The first-order valence-electron chi connectivity index (χ1n) is 6.72. The zero-order valence-corrected chi connectivity index (χ0v) is 12.0. The van der Waals surface area contributed by atoms with E-state index in [9.17, 15) is 4.79 Å². The van der Waals surface area contributed by atoms with Crippen molar-refractivity contribution in [3.8, 4) is 5.75 Å². The van der Waals surface area contributed by atoms with Crippen LogP contribution in [0.2, 0.25) is 5.02 Å². The van der Waals surface area contributed by atoms with Crippen molar-refractivity contribution in [3.05, 3.63) is 28.3 Å². The standard InChI is InChI=1S/C15H18ClNO2/c1-9-3-13(4-10(2)15(9)16)19-8-14(18)17-6-11-5-12(11)7-17/h3-4,11-12H,5-8H2,1-2H3. The van der Waals surface area contributed by atoms with Crippen molar-refractivity contribution in [1.29, 1.82) is 0 Å². The highest BCUT2D eigenvalue weighted by Gasteiger charge is 2.46. The van der Waals surface area contributed by atoms with E-state index in [2.05, 4.69) is 0 Å². The topological polar surface area (TPSA) is 29.5 Å². The number of halogens is 1. The lowest BCUT2D eigenvalue weighted by molar-refractivity contribution is -0.132. The van der Waals surface area contributed by atoms with Crippen molar-refractivity contribution in [1.82, 2.24) is 4.90 Å². The number of likely N-dealkylation sites (tertiary alicyclic amines) is 1. The van der Waals surface area contributed by atoms with Gasteiger partial charge in [0.05, 0.1) is 0 Å². The summed E-state index contributed by atoms with van der Waals surface area (Å²) in [4.78, 5) is 13.9. The molecule has 2 fully saturated rings. The fourth-order valence-electron chi connectivity index (χ4n) is 2.83. The minimum absolute atomic E-state index is 0.0949. The molecule has 1 saturated carbocycles. The van der Waals surface area contributed by atoms with E-state index in [1.165, 1.54) is 6.42 Å².